The first-order chi connectivity index (χ1) is 11.9. The van der Waals surface area contributed by atoms with Crippen LogP contribution in [0.1, 0.15) is 51.4 Å². The molecule has 2 atom stereocenters. The zero-order chi connectivity index (χ0) is 16.5. The van der Waals surface area contributed by atoms with E-state index < -0.39 is 0 Å². The van der Waals surface area contributed by atoms with Crippen molar-refractivity contribution >= 4 is 0 Å². The molecule has 24 heavy (non-hydrogen) atoms. The molecule has 3 aliphatic heterocycles. The number of ether oxygens (including phenoxy) is 2. The third-order valence-corrected chi connectivity index (χ3v) is 5.85. The predicted molar refractivity (Wildman–Crippen MR) is 98.4 cm³/mol. The highest BCUT2D eigenvalue weighted by Gasteiger charge is 2.25. The van der Waals surface area contributed by atoms with E-state index in [-0.39, 0.29) is 0 Å². The van der Waals surface area contributed by atoms with Gasteiger partial charge in [-0.2, -0.15) is 0 Å². The van der Waals surface area contributed by atoms with E-state index in [4.69, 9.17) is 9.47 Å². The lowest BCUT2D eigenvalue weighted by atomic mass is 10.1. The lowest BCUT2D eigenvalue weighted by molar-refractivity contribution is 0.0867. The fourth-order valence-electron chi connectivity index (χ4n) is 4.42. The van der Waals surface area contributed by atoms with Crippen LogP contribution in [0.5, 0.6) is 0 Å². The van der Waals surface area contributed by atoms with Gasteiger partial charge in [-0.15, -0.1) is 0 Å². The normalized spacial score (nSPS) is 34.2. The SMILES string of the molecule is C1=C\COC[C@H]2CCCN2CCCCCCN2CCC[C@@H]2COC/1. The van der Waals surface area contributed by atoms with Crippen LogP contribution in [-0.2, 0) is 9.47 Å². The van der Waals surface area contributed by atoms with E-state index in [1.807, 2.05) is 0 Å². The van der Waals surface area contributed by atoms with Gasteiger partial charge in [0.15, 0.2) is 0 Å². The Kier molecular flexibility index (Phi) is 8.07. The topological polar surface area (TPSA) is 24.9 Å². The maximum absolute atomic E-state index is 5.87. The first kappa shape index (κ1) is 18.4. The molecule has 0 N–H and O–H groups in total. The molecule has 2 saturated heterocycles. The fraction of sp³-hybridized carbons (Fsp3) is 0.900. The van der Waals surface area contributed by atoms with E-state index in [1.165, 1.54) is 77.5 Å². The summed E-state index contributed by atoms with van der Waals surface area (Å²) in [5.41, 5.74) is 0. The monoisotopic (exact) mass is 336 g/mol. The van der Waals surface area contributed by atoms with Gasteiger partial charge in [-0.1, -0.05) is 25.0 Å². The van der Waals surface area contributed by atoms with Gasteiger partial charge in [0, 0.05) is 12.1 Å². The third-order valence-electron chi connectivity index (χ3n) is 5.85. The molecule has 2 fully saturated rings. The van der Waals surface area contributed by atoms with Crippen LogP contribution in [-0.4, -0.2) is 74.5 Å². The van der Waals surface area contributed by atoms with Gasteiger partial charge in [0.25, 0.3) is 0 Å². The molecule has 3 rings (SSSR count). The van der Waals surface area contributed by atoms with Crippen LogP contribution in [0, 0.1) is 0 Å². The van der Waals surface area contributed by atoms with Crippen molar-refractivity contribution in [3.63, 3.8) is 0 Å². The Balaban J connectivity index is 1.46. The van der Waals surface area contributed by atoms with Gasteiger partial charge in [0.2, 0.25) is 0 Å². The van der Waals surface area contributed by atoms with E-state index in [1.54, 1.807) is 0 Å². The summed E-state index contributed by atoms with van der Waals surface area (Å²) in [6.07, 6.45) is 15.0. The molecule has 0 spiro atoms. The van der Waals surface area contributed by atoms with E-state index in [0.29, 0.717) is 12.1 Å². The summed E-state index contributed by atoms with van der Waals surface area (Å²) >= 11 is 0. The van der Waals surface area contributed by atoms with Gasteiger partial charge in [-0.3, -0.25) is 9.80 Å². The Morgan fingerprint density at radius 2 is 1.04 bits per heavy atom. The van der Waals surface area contributed by atoms with Crippen molar-refractivity contribution in [1.82, 2.24) is 9.80 Å². The summed E-state index contributed by atoms with van der Waals surface area (Å²) in [5.74, 6) is 0. The van der Waals surface area contributed by atoms with Crippen molar-refractivity contribution in [3.05, 3.63) is 12.2 Å². The molecule has 4 heteroatoms. The zero-order valence-electron chi connectivity index (χ0n) is 15.3. The second-order valence-corrected chi connectivity index (χ2v) is 7.62. The Labute approximate surface area is 148 Å². The van der Waals surface area contributed by atoms with E-state index >= 15 is 0 Å². The molecule has 0 aromatic carbocycles. The molecule has 0 saturated carbocycles. The van der Waals surface area contributed by atoms with Crippen LogP contribution >= 0.6 is 0 Å². The van der Waals surface area contributed by atoms with Crippen LogP contribution in [0.3, 0.4) is 0 Å². The summed E-state index contributed by atoms with van der Waals surface area (Å²) in [4.78, 5) is 5.32. The van der Waals surface area contributed by atoms with Gasteiger partial charge >= 0.3 is 0 Å². The van der Waals surface area contributed by atoms with Crippen molar-refractivity contribution in [3.8, 4) is 0 Å². The van der Waals surface area contributed by atoms with Gasteiger partial charge in [0.05, 0.1) is 26.4 Å². The molecule has 0 aromatic rings. The minimum atomic E-state index is 0.652. The van der Waals surface area contributed by atoms with Gasteiger partial charge in [-0.25, -0.2) is 0 Å². The van der Waals surface area contributed by atoms with Crippen molar-refractivity contribution in [2.24, 2.45) is 0 Å². The van der Waals surface area contributed by atoms with E-state index in [0.717, 1.165) is 26.4 Å². The molecule has 0 aromatic heterocycles. The van der Waals surface area contributed by atoms with Crippen LogP contribution < -0.4 is 0 Å². The lowest BCUT2D eigenvalue weighted by Crippen LogP contribution is -2.34. The molecule has 3 aliphatic rings. The summed E-state index contributed by atoms with van der Waals surface area (Å²) in [5, 5.41) is 0. The van der Waals surface area contributed by atoms with E-state index in [9.17, 15) is 0 Å². The molecule has 0 amide bonds. The molecule has 0 radical (unpaired) electrons. The van der Waals surface area contributed by atoms with Crippen LogP contribution in [0.25, 0.3) is 0 Å². The molecular formula is C20H36N2O2. The van der Waals surface area contributed by atoms with Crippen molar-refractivity contribution in [1.29, 1.82) is 0 Å². The highest BCUT2D eigenvalue weighted by Crippen LogP contribution is 2.20. The second-order valence-electron chi connectivity index (χ2n) is 7.62. The number of rotatable bonds is 0. The maximum Gasteiger partial charge on any atom is 0.0649 e. The Hall–Kier alpha value is -0.420. The highest BCUT2D eigenvalue weighted by atomic mass is 16.5. The maximum atomic E-state index is 5.87. The molecule has 138 valence electrons. The zero-order valence-corrected chi connectivity index (χ0v) is 15.3. The standard InChI is InChI=1S/C20H36N2O2/c1-2-4-12-22-14-8-10-20(22)18-24-16-6-5-15-23-17-19-9-7-13-21(19)11-3-1/h5-6,19-20H,1-4,7-18H2/b6-5-/t19-,20-/m1/s1. The molecule has 0 aliphatic carbocycles. The Bertz CT molecular complexity index is 341. The van der Waals surface area contributed by atoms with Crippen molar-refractivity contribution in [2.75, 3.05) is 52.6 Å². The average molecular weight is 337 g/mol. The molecular weight excluding hydrogens is 300 g/mol. The number of nitrogens with zero attached hydrogens (tertiary/aromatic N) is 2. The lowest BCUT2D eigenvalue weighted by Gasteiger charge is -2.25. The highest BCUT2D eigenvalue weighted by molar-refractivity contribution is 4.84. The van der Waals surface area contributed by atoms with E-state index in [2.05, 4.69) is 22.0 Å². The van der Waals surface area contributed by atoms with Gasteiger partial charge in [-0.05, 0) is 64.7 Å². The van der Waals surface area contributed by atoms with Gasteiger partial charge < -0.3 is 9.47 Å². The summed E-state index contributed by atoms with van der Waals surface area (Å²) in [7, 11) is 0. The summed E-state index contributed by atoms with van der Waals surface area (Å²) < 4.78 is 11.7. The molecule has 0 bridgehead atoms. The number of hydrogen-bond acceptors (Lipinski definition) is 4. The second kappa shape index (κ2) is 10.5. The molecule has 4 nitrogen and oxygen atoms in total. The number of fused-ring (bicyclic) bond motifs is 2. The minimum Gasteiger partial charge on any atom is -0.376 e. The average Bonchev–Trinajstić information content (AvgIpc) is 3.22. The van der Waals surface area contributed by atoms with Crippen molar-refractivity contribution < 1.29 is 9.47 Å². The largest absolute Gasteiger partial charge is 0.376 e. The first-order valence-corrected chi connectivity index (χ1v) is 10.2. The van der Waals surface area contributed by atoms with Crippen LogP contribution in [0.4, 0.5) is 0 Å². The first-order valence-electron chi connectivity index (χ1n) is 10.2. The summed E-state index contributed by atoms with van der Waals surface area (Å²) in [6.45, 7) is 8.31. The predicted octanol–water partition coefficient (Wildman–Crippen LogP) is 3.08. The quantitative estimate of drug-likeness (QED) is 0.635. The molecule has 3 heterocycles. The van der Waals surface area contributed by atoms with Crippen LogP contribution in [0.15, 0.2) is 12.2 Å². The fourth-order valence-corrected chi connectivity index (χ4v) is 4.42. The van der Waals surface area contributed by atoms with Crippen molar-refractivity contribution in [2.45, 2.75) is 63.5 Å². The Morgan fingerprint density at radius 3 is 1.54 bits per heavy atom. The number of hydrogen-bond donors (Lipinski definition) is 0. The summed E-state index contributed by atoms with van der Waals surface area (Å²) in [6, 6.07) is 1.30. The smallest absolute Gasteiger partial charge is 0.0649 e. The van der Waals surface area contributed by atoms with Crippen LogP contribution in [0.2, 0.25) is 0 Å². The minimum absolute atomic E-state index is 0.652. The van der Waals surface area contributed by atoms with Gasteiger partial charge in [0.1, 0.15) is 0 Å². The molecule has 0 unspecified atom stereocenters. The third kappa shape index (κ3) is 5.83. The Morgan fingerprint density at radius 1 is 0.583 bits per heavy atom.